The van der Waals surface area contributed by atoms with Gasteiger partial charge < -0.3 is 4.74 Å². The molecule has 452 valence electrons. The lowest BCUT2D eigenvalue weighted by molar-refractivity contribution is 0.391. The monoisotopic (exact) mass is 1200 g/mol. The second-order valence-corrected chi connectivity index (χ2v) is 29.7. The van der Waals surface area contributed by atoms with Crippen molar-refractivity contribution in [2.24, 2.45) is 0 Å². The standard InChI is InChI=1S/C92H78O/c1-5-17-55(18-6-1)85-53-83-49-79-45-75-41-71-37-67-33-63-29-59-25-13-15-27-61(59)31-65(63)35-69(67)39-73(71)43-77(75)47-81(79)51-87(83)91(89(85)57-21-9-3-10-22-57)93-92-88-52-82-48-78-44-74-40-70-36-66-32-62-28-16-14-26-60(62)30-64(66)34-68(70)38-72(74)42-76(78)46-80(82)50-84(88)54-86(56-19-7-2-8-20-56)90(92)58-23-11-4-12-24-58/h13-16,25-58H,1-12,17-24H2. The third-order valence-corrected chi connectivity index (χ3v) is 23.9. The molecule has 0 heterocycles. The van der Waals surface area contributed by atoms with Crippen LogP contribution in [-0.4, -0.2) is 0 Å². The van der Waals surface area contributed by atoms with Gasteiger partial charge in [-0.05, 0) is 372 Å². The van der Waals surface area contributed by atoms with Crippen LogP contribution in [0.25, 0.3) is 151 Å². The van der Waals surface area contributed by atoms with Gasteiger partial charge in [0.15, 0.2) is 0 Å². The van der Waals surface area contributed by atoms with Gasteiger partial charge in [-0.1, -0.05) is 138 Å². The first-order chi connectivity index (χ1) is 45.9. The Morgan fingerprint density at radius 2 is 0.376 bits per heavy atom. The van der Waals surface area contributed by atoms with Crippen LogP contribution in [-0.2, 0) is 0 Å². The molecule has 4 saturated carbocycles. The highest BCUT2D eigenvalue weighted by molar-refractivity contribution is 6.16. The lowest BCUT2D eigenvalue weighted by Gasteiger charge is -2.34. The summed E-state index contributed by atoms with van der Waals surface area (Å²) in [5.74, 6) is 4.40. The van der Waals surface area contributed by atoms with Crippen molar-refractivity contribution in [2.45, 2.75) is 152 Å². The Balaban J connectivity index is 0.805. The van der Waals surface area contributed by atoms with E-state index in [2.05, 4.69) is 206 Å². The zero-order valence-corrected chi connectivity index (χ0v) is 53.5. The molecule has 93 heavy (non-hydrogen) atoms. The van der Waals surface area contributed by atoms with Crippen molar-refractivity contribution in [3.63, 3.8) is 0 Å². The first-order valence-corrected chi connectivity index (χ1v) is 36.0. The van der Waals surface area contributed by atoms with Crippen LogP contribution in [0.4, 0.5) is 0 Å². The molecule has 0 saturated heterocycles. The van der Waals surface area contributed by atoms with Gasteiger partial charge in [0.25, 0.3) is 0 Å². The molecule has 1 nitrogen and oxygen atoms in total. The van der Waals surface area contributed by atoms with E-state index in [-0.39, 0.29) is 0 Å². The van der Waals surface area contributed by atoms with E-state index in [1.54, 1.807) is 22.3 Å². The van der Waals surface area contributed by atoms with E-state index in [1.165, 1.54) is 291 Å². The molecule has 0 aromatic heterocycles. The maximum Gasteiger partial charge on any atom is 0.139 e. The molecule has 0 atom stereocenters. The fourth-order valence-electron chi connectivity index (χ4n) is 19.2. The Bertz CT molecular complexity index is 5460. The first-order valence-electron chi connectivity index (χ1n) is 36.0. The minimum absolute atomic E-state index is 0.475. The molecule has 4 aliphatic carbocycles. The molecule has 4 fully saturated rings. The van der Waals surface area contributed by atoms with Crippen LogP contribution < -0.4 is 4.74 Å². The Morgan fingerprint density at radius 3 is 0.613 bits per heavy atom. The van der Waals surface area contributed by atoms with Gasteiger partial charge in [0.05, 0.1) is 0 Å². The van der Waals surface area contributed by atoms with Crippen molar-refractivity contribution >= 4 is 151 Å². The highest BCUT2D eigenvalue weighted by Crippen LogP contribution is 2.55. The zero-order valence-electron chi connectivity index (χ0n) is 53.5. The molecule has 0 N–H and O–H groups in total. The molecule has 0 spiro atoms. The van der Waals surface area contributed by atoms with Crippen molar-refractivity contribution in [2.75, 3.05) is 0 Å². The third-order valence-electron chi connectivity index (χ3n) is 23.9. The maximum absolute atomic E-state index is 8.61. The van der Waals surface area contributed by atoms with E-state index in [4.69, 9.17) is 4.74 Å². The van der Waals surface area contributed by atoms with Crippen LogP contribution in [0.3, 0.4) is 0 Å². The second-order valence-electron chi connectivity index (χ2n) is 29.7. The van der Waals surface area contributed by atoms with Crippen molar-refractivity contribution in [3.8, 4) is 11.5 Å². The predicted octanol–water partition coefficient (Wildman–Crippen LogP) is 27.8. The van der Waals surface area contributed by atoms with Crippen LogP contribution in [0, 0.1) is 0 Å². The largest absolute Gasteiger partial charge is 0.455 e. The average molecular weight is 1200 g/mol. The smallest absolute Gasteiger partial charge is 0.139 e. The summed E-state index contributed by atoms with van der Waals surface area (Å²) in [6.07, 6.45) is 25.8. The lowest BCUT2D eigenvalue weighted by atomic mass is 9.74. The summed E-state index contributed by atoms with van der Waals surface area (Å²) in [6.45, 7) is 0. The minimum Gasteiger partial charge on any atom is -0.455 e. The summed E-state index contributed by atoms with van der Waals surface area (Å²) in [7, 11) is 0. The average Bonchev–Trinajstić information content (AvgIpc) is 0.766. The normalized spacial score (nSPS) is 17.1. The van der Waals surface area contributed by atoms with Crippen LogP contribution in [0.5, 0.6) is 11.5 Å². The molecule has 1 heteroatoms. The molecule has 0 radical (unpaired) electrons. The third kappa shape index (κ3) is 9.37. The van der Waals surface area contributed by atoms with E-state index in [9.17, 15) is 0 Å². The maximum atomic E-state index is 8.61. The zero-order chi connectivity index (χ0) is 60.8. The van der Waals surface area contributed by atoms with Gasteiger partial charge in [0.1, 0.15) is 11.5 Å². The summed E-state index contributed by atoms with van der Waals surface area (Å²) >= 11 is 0. The molecule has 16 aromatic carbocycles. The van der Waals surface area contributed by atoms with Crippen molar-refractivity contribution in [3.05, 3.63) is 229 Å². The quantitative estimate of drug-likeness (QED) is 0.151. The van der Waals surface area contributed by atoms with Gasteiger partial charge in [-0.2, -0.15) is 0 Å². The molecule has 16 aromatic rings. The second kappa shape index (κ2) is 21.8. The fraction of sp³-hybridized carbons (Fsp3) is 0.261. The minimum atomic E-state index is 0.475. The van der Waals surface area contributed by atoms with Crippen LogP contribution >= 0.6 is 0 Å². The Kier molecular flexibility index (Phi) is 12.8. The summed E-state index contributed by atoms with van der Waals surface area (Å²) in [6, 6.07) is 82.0. The van der Waals surface area contributed by atoms with Gasteiger partial charge in [-0.25, -0.2) is 0 Å². The summed E-state index contributed by atoms with van der Waals surface area (Å²) in [5, 5.41) is 36.4. The van der Waals surface area contributed by atoms with Gasteiger partial charge in [-0.3, -0.25) is 0 Å². The van der Waals surface area contributed by atoms with E-state index in [0.29, 0.717) is 23.7 Å². The highest BCUT2D eigenvalue weighted by atomic mass is 16.5. The SMILES string of the molecule is c1ccc2cc3cc4cc5cc6cc7cc8c(Oc9c(C%10CCCCC%10)c(C%10CCCCC%10)cc%10cc%11cc%12cc%13cc%14cc%15cc%16ccccc%16cc%15cc%14cc%13cc%12cc%11cc9%10)c(C9CCCCC9)c(C9CCCCC9)cc8cc7cc6cc5cc4cc3cc2c1. The molecule has 0 unspecified atom stereocenters. The van der Waals surface area contributed by atoms with Crippen LogP contribution in [0.15, 0.2) is 206 Å². The number of benzene rings is 16. The highest BCUT2D eigenvalue weighted by Gasteiger charge is 2.34. The van der Waals surface area contributed by atoms with E-state index < -0.39 is 0 Å². The summed E-state index contributed by atoms with van der Waals surface area (Å²) < 4.78 is 8.61. The van der Waals surface area contributed by atoms with Crippen molar-refractivity contribution < 1.29 is 4.74 Å². The van der Waals surface area contributed by atoms with Gasteiger partial charge in [0, 0.05) is 21.9 Å². The molecule has 0 amide bonds. The molecule has 0 aliphatic heterocycles. The molecular weight excluding hydrogens is 1120 g/mol. The lowest BCUT2D eigenvalue weighted by Crippen LogP contribution is -2.16. The number of hydrogen-bond donors (Lipinski definition) is 0. The van der Waals surface area contributed by atoms with Crippen LogP contribution in [0.1, 0.15) is 174 Å². The molecule has 4 aliphatic rings. The number of ether oxygens (including phenoxy) is 1. The van der Waals surface area contributed by atoms with Gasteiger partial charge in [-0.15, -0.1) is 0 Å². The number of hydrogen-bond acceptors (Lipinski definition) is 1. The first kappa shape index (κ1) is 54.5. The van der Waals surface area contributed by atoms with E-state index >= 15 is 0 Å². The molecule has 0 bridgehead atoms. The molecular formula is C92H78O. The Morgan fingerprint density at radius 1 is 0.183 bits per heavy atom. The van der Waals surface area contributed by atoms with Gasteiger partial charge >= 0.3 is 0 Å². The van der Waals surface area contributed by atoms with Crippen LogP contribution in [0.2, 0.25) is 0 Å². The topological polar surface area (TPSA) is 9.23 Å². The Labute approximate surface area is 544 Å². The van der Waals surface area contributed by atoms with E-state index in [1.807, 2.05) is 0 Å². The summed E-state index contributed by atoms with van der Waals surface area (Å²) in [5.41, 5.74) is 6.33. The summed E-state index contributed by atoms with van der Waals surface area (Å²) in [4.78, 5) is 0. The van der Waals surface area contributed by atoms with Gasteiger partial charge in [0.2, 0.25) is 0 Å². The number of fused-ring (bicyclic) bond motifs is 14. The number of rotatable bonds is 6. The fourth-order valence-corrected chi connectivity index (χ4v) is 19.2. The predicted molar refractivity (Wildman–Crippen MR) is 401 cm³/mol. The Hall–Kier alpha value is -9.04. The van der Waals surface area contributed by atoms with E-state index in [0.717, 1.165) is 0 Å². The van der Waals surface area contributed by atoms with Crippen molar-refractivity contribution in [1.29, 1.82) is 0 Å². The molecule has 20 rings (SSSR count). The van der Waals surface area contributed by atoms with Crippen molar-refractivity contribution in [1.82, 2.24) is 0 Å².